The number of piperidine rings is 1. The molecule has 3 amide bonds. The van der Waals surface area contributed by atoms with Gasteiger partial charge in [0.25, 0.3) is 5.91 Å². The highest BCUT2D eigenvalue weighted by Gasteiger charge is 2.39. The first kappa shape index (κ1) is 18.5. The summed E-state index contributed by atoms with van der Waals surface area (Å²) in [5.41, 5.74) is 2.60. The van der Waals surface area contributed by atoms with E-state index in [1.807, 2.05) is 25.2 Å². The zero-order valence-electron chi connectivity index (χ0n) is 15.3. The van der Waals surface area contributed by atoms with E-state index >= 15 is 0 Å². The van der Waals surface area contributed by atoms with E-state index in [0.717, 1.165) is 24.2 Å². The predicted octanol–water partition coefficient (Wildman–Crippen LogP) is 0.393. The number of imide groups is 1. The molecular formula is C19H26N4O3. The third-order valence-corrected chi connectivity index (χ3v) is 5.00. The van der Waals surface area contributed by atoms with Crippen LogP contribution in [0.25, 0.3) is 0 Å². The molecule has 0 saturated carbocycles. The predicted molar refractivity (Wildman–Crippen MR) is 97.3 cm³/mol. The van der Waals surface area contributed by atoms with Crippen molar-refractivity contribution >= 4 is 17.7 Å². The molecule has 2 aliphatic heterocycles. The number of carbonyl (C=O) groups is 3. The van der Waals surface area contributed by atoms with Gasteiger partial charge in [0.2, 0.25) is 11.8 Å². The Bertz CT molecular complexity index is 719. The van der Waals surface area contributed by atoms with Crippen molar-refractivity contribution in [1.29, 1.82) is 0 Å². The molecule has 0 spiro atoms. The fourth-order valence-electron chi connectivity index (χ4n) is 3.71. The third-order valence-electron chi connectivity index (χ3n) is 5.00. The first-order valence-electron chi connectivity index (χ1n) is 9.12. The number of nitrogens with zero attached hydrogens (tertiary/aromatic N) is 1. The highest BCUT2D eigenvalue weighted by Crippen LogP contribution is 2.29. The molecule has 1 aromatic rings. The molecule has 2 heterocycles. The van der Waals surface area contributed by atoms with E-state index < -0.39 is 6.04 Å². The number of nitrogens with one attached hydrogen (secondary N) is 3. The van der Waals surface area contributed by atoms with Gasteiger partial charge in [-0.2, -0.15) is 0 Å². The van der Waals surface area contributed by atoms with Crippen LogP contribution in [0.3, 0.4) is 0 Å². The molecule has 7 nitrogen and oxygen atoms in total. The highest BCUT2D eigenvalue weighted by molar-refractivity contribution is 6.05. The number of amides is 3. The Morgan fingerprint density at radius 2 is 2.08 bits per heavy atom. The molecule has 0 radical (unpaired) electrons. The molecule has 7 heteroatoms. The van der Waals surface area contributed by atoms with E-state index in [2.05, 4.69) is 22.9 Å². The number of hydrogen-bond acceptors (Lipinski definition) is 5. The number of rotatable bonds is 7. The van der Waals surface area contributed by atoms with E-state index in [1.54, 1.807) is 4.90 Å². The summed E-state index contributed by atoms with van der Waals surface area (Å²) >= 11 is 0. The van der Waals surface area contributed by atoms with E-state index in [4.69, 9.17) is 0 Å². The van der Waals surface area contributed by atoms with Gasteiger partial charge < -0.3 is 15.5 Å². The summed E-state index contributed by atoms with van der Waals surface area (Å²) in [7, 11) is 1.93. The summed E-state index contributed by atoms with van der Waals surface area (Å²) in [6.45, 7) is 4.99. The van der Waals surface area contributed by atoms with Gasteiger partial charge in [-0.1, -0.05) is 25.1 Å². The minimum atomic E-state index is -0.566. The Balaban J connectivity index is 1.70. The summed E-state index contributed by atoms with van der Waals surface area (Å²) in [4.78, 5) is 38.1. The van der Waals surface area contributed by atoms with Gasteiger partial charge in [0.05, 0.1) is 0 Å². The van der Waals surface area contributed by atoms with Crippen LogP contribution in [0, 0.1) is 5.92 Å². The van der Waals surface area contributed by atoms with Gasteiger partial charge in [0.15, 0.2) is 0 Å². The molecule has 1 fully saturated rings. The Morgan fingerprint density at radius 1 is 1.27 bits per heavy atom. The lowest BCUT2D eigenvalue weighted by Gasteiger charge is -2.29. The zero-order chi connectivity index (χ0) is 18.7. The van der Waals surface area contributed by atoms with E-state index in [1.165, 1.54) is 0 Å². The third kappa shape index (κ3) is 3.78. The van der Waals surface area contributed by atoms with Crippen molar-refractivity contribution in [2.75, 3.05) is 20.1 Å². The fraction of sp³-hybridized carbons (Fsp3) is 0.526. The number of carbonyl (C=O) groups excluding carboxylic acids is 3. The van der Waals surface area contributed by atoms with Crippen molar-refractivity contribution in [2.24, 2.45) is 5.92 Å². The first-order valence-corrected chi connectivity index (χ1v) is 9.12. The lowest BCUT2D eigenvalue weighted by Crippen LogP contribution is -2.52. The van der Waals surface area contributed by atoms with Gasteiger partial charge in [-0.25, -0.2) is 0 Å². The van der Waals surface area contributed by atoms with Crippen LogP contribution in [0.4, 0.5) is 0 Å². The molecule has 1 saturated heterocycles. The van der Waals surface area contributed by atoms with Gasteiger partial charge >= 0.3 is 0 Å². The Hall–Kier alpha value is -2.25. The molecule has 0 aromatic heterocycles. The number of hydrogen-bond donors (Lipinski definition) is 3. The van der Waals surface area contributed by atoms with Gasteiger partial charge in [0.1, 0.15) is 6.04 Å². The van der Waals surface area contributed by atoms with Crippen LogP contribution in [0.5, 0.6) is 0 Å². The van der Waals surface area contributed by atoms with Crippen LogP contribution in [0.2, 0.25) is 0 Å². The maximum Gasteiger partial charge on any atom is 0.255 e. The summed E-state index contributed by atoms with van der Waals surface area (Å²) in [5.74, 6) is -0.262. The number of fused-ring (bicyclic) bond motifs is 1. The minimum Gasteiger partial charge on any atom is -0.322 e. The van der Waals surface area contributed by atoms with Gasteiger partial charge in [0, 0.05) is 25.1 Å². The normalized spacial score (nSPS) is 20.9. The lowest BCUT2D eigenvalue weighted by atomic mass is 10.0. The van der Waals surface area contributed by atoms with Gasteiger partial charge in [-0.3, -0.25) is 19.7 Å². The Morgan fingerprint density at radius 3 is 2.81 bits per heavy atom. The average Bonchev–Trinajstić information content (AvgIpc) is 2.93. The molecule has 2 unspecified atom stereocenters. The molecule has 3 rings (SSSR count). The van der Waals surface area contributed by atoms with Crippen molar-refractivity contribution in [3.8, 4) is 0 Å². The van der Waals surface area contributed by atoms with Crippen LogP contribution in [-0.4, -0.2) is 48.8 Å². The van der Waals surface area contributed by atoms with E-state index in [9.17, 15) is 14.4 Å². The van der Waals surface area contributed by atoms with Gasteiger partial charge in [-0.15, -0.1) is 0 Å². The van der Waals surface area contributed by atoms with Crippen molar-refractivity contribution < 1.29 is 14.4 Å². The average molecular weight is 358 g/mol. The van der Waals surface area contributed by atoms with Crippen molar-refractivity contribution in [3.05, 3.63) is 34.9 Å². The molecule has 1 aromatic carbocycles. The van der Waals surface area contributed by atoms with Crippen molar-refractivity contribution in [1.82, 2.24) is 20.9 Å². The maximum atomic E-state index is 13.0. The second kappa shape index (κ2) is 7.97. The first-order chi connectivity index (χ1) is 12.5. The molecule has 0 bridgehead atoms. The quantitative estimate of drug-likeness (QED) is 0.614. The smallest absolute Gasteiger partial charge is 0.255 e. The summed E-state index contributed by atoms with van der Waals surface area (Å²) in [6, 6.07) is 5.28. The molecule has 3 N–H and O–H groups in total. The summed E-state index contributed by atoms with van der Waals surface area (Å²) in [6.07, 6.45) is 0.661. The monoisotopic (exact) mass is 358 g/mol. The number of benzene rings is 1. The summed E-state index contributed by atoms with van der Waals surface area (Å²) in [5, 5.41) is 8.90. The standard InChI is InChI=1S/C19H26N4O3/c1-12(8-20-2)9-21-10-13-4-3-5-14-11-23(19(26)17(13)14)15-6-7-16(24)22-18(15)25/h3-5,12,15,20-21H,6-11H2,1-2H3,(H,22,24,25). The Labute approximate surface area is 153 Å². The van der Waals surface area contributed by atoms with E-state index in [-0.39, 0.29) is 24.1 Å². The van der Waals surface area contributed by atoms with Crippen LogP contribution in [0.1, 0.15) is 41.3 Å². The van der Waals surface area contributed by atoms with Crippen LogP contribution in [0.15, 0.2) is 18.2 Å². The lowest BCUT2D eigenvalue weighted by molar-refractivity contribution is -0.136. The second-order valence-corrected chi connectivity index (χ2v) is 7.14. The highest BCUT2D eigenvalue weighted by atomic mass is 16.2. The largest absolute Gasteiger partial charge is 0.322 e. The second-order valence-electron chi connectivity index (χ2n) is 7.14. The van der Waals surface area contributed by atoms with Crippen molar-refractivity contribution in [3.63, 3.8) is 0 Å². The fourth-order valence-corrected chi connectivity index (χ4v) is 3.71. The van der Waals surface area contributed by atoms with E-state index in [0.29, 0.717) is 31.0 Å². The molecule has 2 aliphatic rings. The zero-order valence-corrected chi connectivity index (χ0v) is 15.3. The van der Waals surface area contributed by atoms with Crippen LogP contribution < -0.4 is 16.0 Å². The molecular weight excluding hydrogens is 332 g/mol. The van der Waals surface area contributed by atoms with Crippen molar-refractivity contribution in [2.45, 2.75) is 38.9 Å². The van der Waals surface area contributed by atoms with Crippen LogP contribution >= 0.6 is 0 Å². The van der Waals surface area contributed by atoms with Gasteiger partial charge in [-0.05, 0) is 43.6 Å². The molecule has 26 heavy (non-hydrogen) atoms. The minimum absolute atomic E-state index is 0.116. The Kier molecular flexibility index (Phi) is 5.68. The SMILES string of the molecule is CNCC(C)CNCc1cccc2c1C(=O)N(C1CCC(=O)NC1=O)C2. The molecule has 0 aliphatic carbocycles. The topological polar surface area (TPSA) is 90.5 Å². The molecule has 2 atom stereocenters. The van der Waals surface area contributed by atoms with Crippen LogP contribution in [-0.2, 0) is 22.7 Å². The summed E-state index contributed by atoms with van der Waals surface area (Å²) < 4.78 is 0. The maximum absolute atomic E-state index is 13.0. The molecule has 140 valence electrons.